The molecule has 0 aliphatic carbocycles. The van der Waals surface area contributed by atoms with E-state index in [0.717, 1.165) is 23.4 Å². The molecule has 0 spiro atoms. The molecule has 0 saturated carbocycles. The molecule has 0 fully saturated rings. The van der Waals surface area contributed by atoms with Gasteiger partial charge in [-0.25, -0.2) is 4.98 Å². The number of ether oxygens (including phenoxy) is 2. The summed E-state index contributed by atoms with van der Waals surface area (Å²) in [4.78, 5) is 4.33. The first-order chi connectivity index (χ1) is 14.7. The second kappa shape index (κ2) is 8.97. The lowest BCUT2D eigenvalue weighted by Crippen LogP contribution is -2.18. The van der Waals surface area contributed by atoms with Crippen LogP contribution in [0.25, 0.3) is 21.9 Å². The molecule has 30 heavy (non-hydrogen) atoms. The summed E-state index contributed by atoms with van der Waals surface area (Å²) in [7, 11) is 3.31. The average Bonchev–Trinajstić information content (AvgIpc) is 2.82. The molecule has 4 aromatic rings. The van der Waals surface area contributed by atoms with Crippen LogP contribution in [-0.2, 0) is 6.54 Å². The molecule has 152 valence electrons. The van der Waals surface area contributed by atoms with Crippen molar-refractivity contribution in [3.05, 3.63) is 90.1 Å². The van der Waals surface area contributed by atoms with Crippen molar-refractivity contribution in [2.45, 2.75) is 19.5 Å². The minimum Gasteiger partial charge on any atom is -0.496 e. The Hall–Kier alpha value is -3.37. The van der Waals surface area contributed by atoms with Crippen LogP contribution in [0.4, 0.5) is 0 Å². The van der Waals surface area contributed by atoms with Crippen LogP contribution in [0.1, 0.15) is 24.1 Å². The van der Waals surface area contributed by atoms with Crippen LogP contribution in [0, 0.1) is 0 Å². The molecule has 0 amide bonds. The van der Waals surface area contributed by atoms with E-state index in [-0.39, 0.29) is 6.04 Å². The Kier molecular flexibility index (Phi) is 5.96. The van der Waals surface area contributed by atoms with E-state index in [4.69, 9.17) is 9.47 Å². The Balaban J connectivity index is 1.56. The number of hydrogen-bond donors (Lipinski definition) is 1. The van der Waals surface area contributed by atoms with E-state index in [1.165, 1.54) is 21.9 Å². The van der Waals surface area contributed by atoms with E-state index in [1.807, 2.05) is 24.4 Å². The lowest BCUT2D eigenvalue weighted by Gasteiger charge is -2.18. The molecule has 0 aliphatic heterocycles. The first kappa shape index (κ1) is 19.9. The predicted molar refractivity (Wildman–Crippen MR) is 122 cm³/mol. The molecule has 1 heterocycles. The fourth-order valence-electron chi connectivity index (χ4n) is 3.76. The van der Waals surface area contributed by atoms with Gasteiger partial charge >= 0.3 is 0 Å². The fraction of sp³-hybridized carbons (Fsp3) is 0.192. The van der Waals surface area contributed by atoms with Crippen molar-refractivity contribution in [1.29, 1.82) is 0 Å². The zero-order valence-corrected chi connectivity index (χ0v) is 17.6. The summed E-state index contributed by atoms with van der Waals surface area (Å²) < 4.78 is 10.7. The van der Waals surface area contributed by atoms with Gasteiger partial charge in [0.05, 0.1) is 14.2 Å². The van der Waals surface area contributed by atoms with E-state index in [0.29, 0.717) is 5.88 Å². The number of methoxy groups -OCH3 is 2. The molecular weight excluding hydrogens is 372 g/mol. The van der Waals surface area contributed by atoms with E-state index in [1.54, 1.807) is 14.2 Å². The second-order valence-electron chi connectivity index (χ2n) is 7.29. The number of rotatable bonds is 7. The molecule has 4 rings (SSSR count). The maximum Gasteiger partial charge on any atom is 0.212 e. The third kappa shape index (κ3) is 4.14. The minimum atomic E-state index is 0.226. The first-order valence-electron chi connectivity index (χ1n) is 10.1. The molecule has 3 aromatic carbocycles. The Morgan fingerprint density at radius 1 is 0.900 bits per heavy atom. The van der Waals surface area contributed by atoms with Gasteiger partial charge in [-0.3, -0.25) is 0 Å². The first-order valence-corrected chi connectivity index (χ1v) is 10.1. The van der Waals surface area contributed by atoms with Crippen LogP contribution >= 0.6 is 0 Å². The van der Waals surface area contributed by atoms with Crippen molar-refractivity contribution in [3.8, 4) is 22.8 Å². The normalized spacial score (nSPS) is 12.0. The number of nitrogens with one attached hydrogen (secondary N) is 1. The fourth-order valence-corrected chi connectivity index (χ4v) is 3.76. The maximum atomic E-state index is 5.57. The summed E-state index contributed by atoms with van der Waals surface area (Å²) in [5, 5.41) is 6.22. The predicted octanol–water partition coefficient (Wildman–Crippen LogP) is 5.77. The number of pyridine rings is 1. The van der Waals surface area contributed by atoms with Crippen molar-refractivity contribution >= 4 is 10.8 Å². The summed E-state index contributed by atoms with van der Waals surface area (Å²) >= 11 is 0. The molecular formula is C26H26N2O2. The summed E-state index contributed by atoms with van der Waals surface area (Å²) in [5.74, 6) is 1.42. The van der Waals surface area contributed by atoms with Crippen molar-refractivity contribution < 1.29 is 9.47 Å². The van der Waals surface area contributed by atoms with Crippen LogP contribution in [0.3, 0.4) is 0 Å². The Bertz CT molecular complexity index is 1130. The minimum absolute atomic E-state index is 0.226. The maximum absolute atomic E-state index is 5.57. The van der Waals surface area contributed by atoms with Crippen molar-refractivity contribution in [2.75, 3.05) is 14.2 Å². The Morgan fingerprint density at radius 2 is 1.73 bits per heavy atom. The number of benzene rings is 3. The van der Waals surface area contributed by atoms with Gasteiger partial charge in [-0.2, -0.15) is 0 Å². The Morgan fingerprint density at radius 3 is 2.50 bits per heavy atom. The third-order valence-corrected chi connectivity index (χ3v) is 5.42. The molecule has 4 heteroatoms. The topological polar surface area (TPSA) is 43.4 Å². The van der Waals surface area contributed by atoms with Crippen LogP contribution in [0.2, 0.25) is 0 Å². The summed E-state index contributed by atoms with van der Waals surface area (Å²) in [6.07, 6.45) is 1.81. The molecule has 1 aromatic heterocycles. The SMILES string of the molecule is COc1ccc(-c2cc(CN[C@H](C)c3cccc4ccccc34)ccc2OC)cn1. The quantitative estimate of drug-likeness (QED) is 0.429. The lowest BCUT2D eigenvalue weighted by molar-refractivity contribution is 0.398. The van der Waals surface area contributed by atoms with E-state index in [9.17, 15) is 0 Å². The molecule has 1 atom stereocenters. The molecule has 1 N–H and O–H groups in total. The van der Waals surface area contributed by atoms with Gasteiger partial charge < -0.3 is 14.8 Å². The molecule has 0 saturated heterocycles. The van der Waals surface area contributed by atoms with Crippen LogP contribution < -0.4 is 14.8 Å². The van der Waals surface area contributed by atoms with Gasteiger partial charge in [0, 0.05) is 36.0 Å². The monoisotopic (exact) mass is 398 g/mol. The molecule has 0 bridgehead atoms. The highest BCUT2D eigenvalue weighted by atomic mass is 16.5. The zero-order valence-electron chi connectivity index (χ0n) is 17.6. The van der Waals surface area contributed by atoms with Gasteiger partial charge in [-0.15, -0.1) is 0 Å². The van der Waals surface area contributed by atoms with Gasteiger partial charge in [-0.1, -0.05) is 48.5 Å². The highest BCUT2D eigenvalue weighted by molar-refractivity contribution is 5.86. The third-order valence-electron chi connectivity index (χ3n) is 5.42. The molecule has 0 aliphatic rings. The number of fused-ring (bicyclic) bond motifs is 1. The lowest BCUT2D eigenvalue weighted by atomic mass is 9.99. The molecule has 4 nitrogen and oxygen atoms in total. The van der Waals surface area contributed by atoms with E-state index < -0.39 is 0 Å². The van der Waals surface area contributed by atoms with E-state index in [2.05, 4.69) is 71.8 Å². The van der Waals surface area contributed by atoms with E-state index >= 15 is 0 Å². The summed E-state index contributed by atoms with van der Waals surface area (Å²) in [6.45, 7) is 2.96. The zero-order chi connectivity index (χ0) is 20.9. The summed E-state index contributed by atoms with van der Waals surface area (Å²) in [5.41, 5.74) is 4.51. The smallest absolute Gasteiger partial charge is 0.212 e. The Labute approximate surface area is 177 Å². The van der Waals surface area contributed by atoms with Gasteiger partial charge in [0.15, 0.2) is 0 Å². The number of aromatic nitrogens is 1. The number of nitrogens with zero attached hydrogens (tertiary/aromatic N) is 1. The van der Waals surface area contributed by atoms with Crippen molar-refractivity contribution in [2.24, 2.45) is 0 Å². The average molecular weight is 399 g/mol. The largest absolute Gasteiger partial charge is 0.496 e. The van der Waals surface area contributed by atoms with Crippen molar-refractivity contribution in [3.63, 3.8) is 0 Å². The molecule has 0 unspecified atom stereocenters. The molecule has 0 radical (unpaired) electrons. The van der Waals surface area contributed by atoms with Crippen LogP contribution in [-0.4, -0.2) is 19.2 Å². The standard InChI is InChI=1S/C26H26N2O2/c1-18(22-10-6-8-20-7-4-5-9-23(20)22)27-16-19-11-13-25(29-2)24(15-19)21-12-14-26(30-3)28-17-21/h4-15,17-18,27H,16H2,1-3H3/t18-/m1/s1. The second-order valence-corrected chi connectivity index (χ2v) is 7.29. The highest BCUT2D eigenvalue weighted by Crippen LogP contribution is 2.31. The van der Waals surface area contributed by atoms with Crippen LogP contribution in [0.15, 0.2) is 79.0 Å². The summed E-state index contributed by atoms with van der Waals surface area (Å²) in [6, 6.07) is 25.4. The van der Waals surface area contributed by atoms with Crippen LogP contribution in [0.5, 0.6) is 11.6 Å². The highest BCUT2D eigenvalue weighted by Gasteiger charge is 2.11. The van der Waals surface area contributed by atoms with Crippen molar-refractivity contribution in [1.82, 2.24) is 10.3 Å². The van der Waals surface area contributed by atoms with Gasteiger partial charge in [0.1, 0.15) is 5.75 Å². The van der Waals surface area contributed by atoms with Gasteiger partial charge in [-0.05, 0) is 47.0 Å². The van der Waals surface area contributed by atoms with Gasteiger partial charge in [0.2, 0.25) is 5.88 Å². The van der Waals surface area contributed by atoms with Gasteiger partial charge in [0.25, 0.3) is 0 Å². The number of hydrogen-bond acceptors (Lipinski definition) is 4.